The van der Waals surface area contributed by atoms with Crippen LogP contribution in [0.15, 0.2) is 28.4 Å². The largest absolute Gasteiger partial charge is 0.376 e. The summed E-state index contributed by atoms with van der Waals surface area (Å²) >= 11 is 7.03. The zero-order chi connectivity index (χ0) is 26.6. The van der Waals surface area contributed by atoms with E-state index in [9.17, 15) is 22.4 Å². The molecule has 0 bridgehead atoms. The van der Waals surface area contributed by atoms with Crippen LogP contribution in [0.3, 0.4) is 0 Å². The molecule has 0 atom stereocenters. The molecule has 9 nitrogen and oxygen atoms in total. The molecule has 1 aliphatic carbocycles. The van der Waals surface area contributed by atoms with Crippen LogP contribution in [-0.2, 0) is 27.9 Å². The Labute approximate surface area is 222 Å². The Morgan fingerprint density at radius 3 is 2.70 bits per heavy atom. The molecule has 37 heavy (non-hydrogen) atoms. The minimum absolute atomic E-state index is 0.0392. The molecule has 1 saturated carbocycles. The normalized spacial score (nSPS) is 18.2. The molecule has 3 aromatic rings. The molecule has 0 saturated heterocycles. The monoisotopic (exact) mass is 570 g/mol. The van der Waals surface area contributed by atoms with E-state index in [1.165, 1.54) is 35.8 Å². The summed E-state index contributed by atoms with van der Waals surface area (Å²) in [5.74, 6) is -0.480. The predicted molar refractivity (Wildman–Crippen MR) is 141 cm³/mol. The van der Waals surface area contributed by atoms with Gasteiger partial charge in [-0.1, -0.05) is 17.7 Å². The Balaban J connectivity index is 1.29. The van der Waals surface area contributed by atoms with E-state index in [1.54, 1.807) is 0 Å². The molecule has 3 N–H and O–H groups in total. The summed E-state index contributed by atoms with van der Waals surface area (Å²) in [6, 6.07) is 4.15. The van der Waals surface area contributed by atoms with Gasteiger partial charge in [-0.3, -0.25) is 9.59 Å². The summed E-state index contributed by atoms with van der Waals surface area (Å²) in [6.07, 6.45) is 4.99. The van der Waals surface area contributed by atoms with Crippen molar-refractivity contribution >= 4 is 49.1 Å². The van der Waals surface area contributed by atoms with Gasteiger partial charge in [0.1, 0.15) is 10.6 Å². The first-order valence-corrected chi connectivity index (χ1v) is 15.0. The summed E-state index contributed by atoms with van der Waals surface area (Å²) in [5.41, 5.74) is 0.907. The van der Waals surface area contributed by atoms with Crippen molar-refractivity contribution in [1.82, 2.24) is 20.0 Å². The minimum Gasteiger partial charge on any atom is -0.376 e. The number of ether oxygens (including phenoxy) is 1. The summed E-state index contributed by atoms with van der Waals surface area (Å²) < 4.78 is 44.3. The SMILES string of the molecule is CS(=O)(=O)NCC1CCC(COCc2csc3nc(C(=O)NCc4ccc(F)c(Cl)c4)[nH]c(=O)c23)CC1. The number of carbonyl (C=O) groups is 1. The van der Waals surface area contributed by atoms with Crippen molar-refractivity contribution in [3.63, 3.8) is 0 Å². The highest BCUT2D eigenvalue weighted by Crippen LogP contribution is 2.29. The number of halogens is 2. The van der Waals surface area contributed by atoms with E-state index in [2.05, 4.69) is 20.0 Å². The first-order valence-electron chi connectivity index (χ1n) is 11.8. The molecular formula is C24H28ClFN4O5S2. The number of fused-ring (bicyclic) bond motifs is 1. The number of carbonyl (C=O) groups excluding carboxylic acids is 1. The maximum atomic E-state index is 13.3. The number of aromatic nitrogens is 2. The van der Waals surface area contributed by atoms with Gasteiger partial charge in [-0.25, -0.2) is 22.5 Å². The third-order valence-corrected chi connectivity index (χ3v) is 8.29. The van der Waals surface area contributed by atoms with E-state index in [-0.39, 0.29) is 24.0 Å². The second kappa shape index (κ2) is 12.0. The van der Waals surface area contributed by atoms with Gasteiger partial charge in [-0.05, 0) is 60.6 Å². The average Bonchev–Trinajstić information content (AvgIpc) is 3.27. The standard InChI is InChI=1S/C24H28ClFN4O5S2/c1-37(33,34)28-10-14-2-4-15(5-3-14)11-35-12-17-13-36-24-20(17)22(31)29-21(30-24)23(32)27-9-16-6-7-19(26)18(25)8-16/h6-8,13-15,28H,2-5,9-12H2,1H3,(H,27,32)(H,29,30,31). The van der Waals surface area contributed by atoms with Crippen molar-refractivity contribution in [2.45, 2.75) is 38.8 Å². The maximum absolute atomic E-state index is 13.3. The van der Waals surface area contributed by atoms with Crippen LogP contribution in [0.1, 0.15) is 47.4 Å². The summed E-state index contributed by atoms with van der Waals surface area (Å²) in [5, 5.41) is 4.82. The Morgan fingerprint density at radius 2 is 2.00 bits per heavy atom. The highest BCUT2D eigenvalue weighted by molar-refractivity contribution is 7.88. The Hall–Kier alpha value is -2.38. The van der Waals surface area contributed by atoms with Crippen molar-refractivity contribution in [1.29, 1.82) is 0 Å². The Morgan fingerprint density at radius 1 is 1.27 bits per heavy atom. The number of H-pyrrole nitrogens is 1. The van der Waals surface area contributed by atoms with Gasteiger partial charge in [0.15, 0.2) is 0 Å². The molecule has 0 spiro atoms. The molecule has 4 rings (SSSR count). The number of thiophene rings is 1. The van der Waals surface area contributed by atoms with Crippen molar-refractivity contribution < 1.29 is 22.3 Å². The third kappa shape index (κ3) is 7.57. The lowest BCUT2D eigenvalue weighted by Crippen LogP contribution is -2.31. The number of rotatable bonds is 10. The van der Waals surface area contributed by atoms with Crippen LogP contribution < -0.4 is 15.6 Å². The number of aromatic amines is 1. The van der Waals surface area contributed by atoms with Crippen LogP contribution in [0.25, 0.3) is 10.2 Å². The van der Waals surface area contributed by atoms with Crippen LogP contribution in [-0.4, -0.2) is 43.7 Å². The molecule has 2 heterocycles. The molecular weight excluding hydrogens is 543 g/mol. The summed E-state index contributed by atoms with van der Waals surface area (Å²) in [6.45, 7) is 1.39. The van der Waals surface area contributed by atoms with Crippen molar-refractivity contribution in [3.05, 3.63) is 61.7 Å². The fourth-order valence-electron chi connectivity index (χ4n) is 4.34. The predicted octanol–water partition coefficient (Wildman–Crippen LogP) is 3.58. The van der Waals surface area contributed by atoms with Gasteiger partial charge in [0, 0.05) is 25.3 Å². The van der Waals surface area contributed by atoms with E-state index < -0.39 is 27.3 Å². The molecule has 2 aromatic heterocycles. The van der Waals surface area contributed by atoms with Gasteiger partial charge in [-0.15, -0.1) is 11.3 Å². The van der Waals surface area contributed by atoms with Crippen LogP contribution >= 0.6 is 22.9 Å². The maximum Gasteiger partial charge on any atom is 0.287 e. The lowest BCUT2D eigenvalue weighted by atomic mass is 9.82. The lowest BCUT2D eigenvalue weighted by molar-refractivity contribution is 0.0681. The van der Waals surface area contributed by atoms with Crippen LogP contribution in [0, 0.1) is 17.7 Å². The lowest BCUT2D eigenvalue weighted by Gasteiger charge is -2.28. The van der Waals surface area contributed by atoms with Crippen molar-refractivity contribution in [2.75, 3.05) is 19.4 Å². The van der Waals surface area contributed by atoms with Crippen LogP contribution in [0.4, 0.5) is 4.39 Å². The van der Waals surface area contributed by atoms with Gasteiger partial charge in [0.2, 0.25) is 15.8 Å². The van der Waals surface area contributed by atoms with Crippen LogP contribution in [0.2, 0.25) is 5.02 Å². The number of nitrogens with zero attached hydrogens (tertiary/aromatic N) is 1. The van der Waals surface area contributed by atoms with Gasteiger partial charge in [0.25, 0.3) is 11.5 Å². The van der Waals surface area contributed by atoms with Crippen molar-refractivity contribution in [2.24, 2.45) is 11.8 Å². The second-order valence-electron chi connectivity index (χ2n) is 9.31. The van der Waals surface area contributed by atoms with E-state index in [0.29, 0.717) is 46.3 Å². The quantitative estimate of drug-likeness (QED) is 0.341. The number of hydrogen-bond donors (Lipinski definition) is 3. The van der Waals surface area contributed by atoms with Gasteiger partial charge in [-0.2, -0.15) is 0 Å². The molecule has 1 aromatic carbocycles. The summed E-state index contributed by atoms with van der Waals surface area (Å²) in [7, 11) is -3.17. The highest BCUT2D eigenvalue weighted by atomic mass is 35.5. The van der Waals surface area contributed by atoms with Gasteiger partial charge < -0.3 is 15.0 Å². The first-order chi connectivity index (χ1) is 17.6. The fourth-order valence-corrected chi connectivity index (χ4v) is 6.01. The van der Waals surface area contributed by atoms with E-state index in [0.717, 1.165) is 25.7 Å². The topological polar surface area (TPSA) is 130 Å². The number of benzene rings is 1. The van der Waals surface area contributed by atoms with Crippen LogP contribution in [0.5, 0.6) is 0 Å². The molecule has 1 fully saturated rings. The molecule has 1 amide bonds. The van der Waals surface area contributed by atoms with E-state index in [4.69, 9.17) is 16.3 Å². The molecule has 1 aliphatic rings. The highest BCUT2D eigenvalue weighted by Gasteiger charge is 2.22. The number of amides is 1. The van der Waals surface area contributed by atoms with Gasteiger partial charge in [0.05, 0.1) is 23.3 Å². The zero-order valence-corrected chi connectivity index (χ0v) is 22.6. The molecule has 0 radical (unpaired) electrons. The van der Waals surface area contributed by atoms with Crippen molar-refractivity contribution in [3.8, 4) is 0 Å². The zero-order valence-electron chi connectivity index (χ0n) is 20.2. The molecule has 0 aliphatic heterocycles. The fraction of sp³-hybridized carbons (Fsp3) is 0.458. The number of sulfonamides is 1. The first kappa shape index (κ1) is 27.6. The Kier molecular flexibility index (Phi) is 8.96. The molecule has 0 unspecified atom stereocenters. The summed E-state index contributed by atoms with van der Waals surface area (Å²) in [4.78, 5) is 32.6. The second-order valence-corrected chi connectivity index (χ2v) is 12.4. The van der Waals surface area contributed by atoms with Gasteiger partial charge >= 0.3 is 0 Å². The van der Waals surface area contributed by atoms with E-state index >= 15 is 0 Å². The number of nitrogens with one attached hydrogen (secondary N) is 3. The third-order valence-electron chi connectivity index (χ3n) is 6.38. The minimum atomic E-state index is -3.17. The smallest absolute Gasteiger partial charge is 0.287 e. The average molecular weight is 571 g/mol. The number of hydrogen-bond acceptors (Lipinski definition) is 7. The van der Waals surface area contributed by atoms with E-state index in [1.807, 2.05) is 5.38 Å². The Bertz CT molecular complexity index is 1430. The molecule has 200 valence electrons. The molecule has 13 heteroatoms.